The van der Waals surface area contributed by atoms with E-state index in [1.165, 1.54) is 0 Å². The number of rotatable bonds is 6. The van der Waals surface area contributed by atoms with Crippen molar-refractivity contribution in [3.05, 3.63) is 30.3 Å². The van der Waals surface area contributed by atoms with Crippen molar-refractivity contribution in [2.24, 2.45) is 4.99 Å². The molecule has 1 aromatic rings. The Hall–Kier alpha value is -1.35. The average Bonchev–Trinajstić information content (AvgIpc) is 2.36. The first kappa shape index (κ1) is 13.7. The number of amidine groups is 1. The minimum absolute atomic E-state index is 0.855. The molecule has 1 rings (SSSR count). The predicted molar refractivity (Wildman–Crippen MR) is 75.8 cm³/mol. The van der Waals surface area contributed by atoms with E-state index < -0.39 is 0 Å². The third-order valence-electron chi connectivity index (χ3n) is 2.76. The van der Waals surface area contributed by atoms with Gasteiger partial charge in [-0.15, -0.1) is 0 Å². The van der Waals surface area contributed by atoms with Crippen molar-refractivity contribution < 1.29 is 0 Å². The minimum atomic E-state index is 0.855. The van der Waals surface area contributed by atoms with E-state index in [1.54, 1.807) is 0 Å². The molecule has 3 heteroatoms. The summed E-state index contributed by atoms with van der Waals surface area (Å²) in [6, 6.07) is 10.1. The Labute approximate surface area is 105 Å². The fraction of sp³-hybridized carbons (Fsp3) is 0.500. The van der Waals surface area contributed by atoms with Crippen molar-refractivity contribution in [2.45, 2.75) is 20.8 Å². The standard InChI is InChI=1S/C14H23N3/c1-4-17(5-2)12-11-15-13(3)16-14-9-7-6-8-10-14/h6-10H,4-5,11-12H2,1-3H3,(H,15,16). The van der Waals surface area contributed by atoms with Gasteiger partial charge in [-0.05, 0) is 32.1 Å². The molecule has 0 aromatic heterocycles. The zero-order valence-corrected chi connectivity index (χ0v) is 11.1. The molecule has 0 saturated heterocycles. The van der Waals surface area contributed by atoms with Crippen molar-refractivity contribution >= 4 is 11.5 Å². The number of hydrogen-bond acceptors (Lipinski definition) is 2. The molecule has 0 heterocycles. The molecular weight excluding hydrogens is 210 g/mol. The van der Waals surface area contributed by atoms with Gasteiger partial charge in [0.1, 0.15) is 0 Å². The second kappa shape index (κ2) is 7.85. The number of para-hydroxylation sites is 1. The third-order valence-corrected chi connectivity index (χ3v) is 2.76. The molecule has 17 heavy (non-hydrogen) atoms. The molecule has 3 nitrogen and oxygen atoms in total. The molecule has 0 bridgehead atoms. The van der Waals surface area contributed by atoms with Crippen LogP contribution in [0.1, 0.15) is 20.8 Å². The summed E-state index contributed by atoms with van der Waals surface area (Å²) in [5.74, 6) is 0.975. The van der Waals surface area contributed by atoms with Gasteiger partial charge in [0.15, 0.2) is 0 Å². The van der Waals surface area contributed by atoms with E-state index in [9.17, 15) is 0 Å². The lowest BCUT2D eigenvalue weighted by Gasteiger charge is -2.16. The van der Waals surface area contributed by atoms with Gasteiger partial charge >= 0.3 is 0 Å². The Bertz CT molecular complexity index is 329. The van der Waals surface area contributed by atoms with Gasteiger partial charge in [-0.25, -0.2) is 0 Å². The number of nitrogens with zero attached hydrogens (tertiary/aromatic N) is 2. The molecule has 0 aliphatic heterocycles. The van der Waals surface area contributed by atoms with Crippen LogP contribution in [0.15, 0.2) is 35.3 Å². The lowest BCUT2D eigenvalue weighted by molar-refractivity contribution is 0.313. The molecule has 0 aliphatic rings. The highest BCUT2D eigenvalue weighted by molar-refractivity contribution is 5.93. The second-order valence-electron chi connectivity index (χ2n) is 3.99. The van der Waals surface area contributed by atoms with E-state index >= 15 is 0 Å². The lowest BCUT2D eigenvalue weighted by atomic mass is 10.3. The van der Waals surface area contributed by atoms with Gasteiger partial charge in [-0.1, -0.05) is 32.0 Å². The van der Waals surface area contributed by atoms with Crippen LogP contribution in [0.3, 0.4) is 0 Å². The van der Waals surface area contributed by atoms with Crippen LogP contribution < -0.4 is 5.32 Å². The Morgan fingerprint density at radius 1 is 1.18 bits per heavy atom. The number of likely N-dealkylation sites (N-methyl/N-ethyl adjacent to an activating group) is 1. The maximum Gasteiger partial charge on any atom is 0.0976 e. The Morgan fingerprint density at radius 2 is 1.82 bits per heavy atom. The first-order valence-corrected chi connectivity index (χ1v) is 6.31. The van der Waals surface area contributed by atoms with Crippen molar-refractivity contribution in [2.75, 3.05) is 31.5 Å². The summed E-state index contributed by atoms with van der Waals surface area (Å²) in [5.41, 5.74) is 1.09. The van der Waals surface area contributed by atoms with Crippen molar-refractivity contribution in [3.63, 3.8) is 0 Å². The van der Waals surface area contributed by atoms with Crippen LogP contribution in [0.25, 0.3) is 0 Å². The molecular formula is C14H23N3. The largest absolute Gasteiger partial charge is 0.344 e. The normalized spacial score (nSPS) is 11.9. The molecule has 94 valence electrons. The molecule has 0 atom stereocenters. The van der Waals surface area contributed by atoms with Gasteiger partial charge in [0, 0.05) is 12.2 Å². The minimum Gasteiger partial charge on any atom is -0.344 e. The molecule has 0 radical (unpaired) electrons. The number of hydrogen-bond donors (Lipinski definition) is 1. The molecule has 0 amide bonds. The van der Waals surface area contributed by atoms with Crippen LogP contribution in [0, 0.1) is 0 Å². The monoisotopic (exact) mass is 233 g/mol. The van der Waals surface area contributed by atoms with Crippen LogP contribution in [-0.2, 0) is 0 Å². The topological polar surface area (TPSA) is 27.6 Å². The van der Waals surface area contributed by atoms with Gasteiger partial charge in [0.25, 0.3) is 0 Å². The summed E-state index contributed by atoms with van der Waals surface area (Å²) in [6.45, 7) is 10.4. The maximum atomic E-state index is 4.52. The van der Waals surface area contributed by atoms with Crippen molar-refractivity contribution in [3.8, 4) is 0 Å². The summed E-state index contributed by atoms with van der Waals surface area (Å²) < 4.78 is 0. The van der Waals surface area contributed by atoms with Gasteiger partial charge in [-0.3, -0.25) is 4.99 Å². The maximum absolute atomic E-state index is 4.52. The summed E-state index contributed by atoms with van der Waals surface area (Å²) in [7, 11) is 0. The van der Waals surface area contributed by atoms with Gasteiger partial charge in [0.2, 0.25) is 0 Å². The van der Waals surface area contributed by atoms with Gasteiger partial charge < -0.3 is 10.2 Å². The highest BCUT2D eigenvalue weighted by Gasteiger charge is 1.97. The zero-order valence-electron chi connectivity index (χ0n) is 11.1. The Morgan fingerprint density at radius 3 is 2.41 bits per heavy atom. The van der Waals surface area contributed by atoms with E-state index in [0.29, 0.717) is 0 Å². The average molecular weight is 233 g/mol. The fourth-order valence-electron chi connectivity index (χ4n) is 1.67. The number of anilines is 1. The molecule has 0 fully saturated rings. The second-order valence-corrected chi connectivity index (χ2v) is 3.99. The molecule has 1 N–H and O–H groups in total. The Balaban J connectivity index is 2.35. The van der Waals surface area contributed by atoms with E-state index in [-0.39, 0.29) is 0 Å². The highest BCUT2D eigenvalue weighted by Crippen LogP contribution is 2.04. The summed E-state index contributed by atoms with van der Waals surface area (Å²) in [4.78, 5) is 6.89. The molecule has 0 saturated carbocycles. The fourth-order valence-corrected chi connectivity index (χ4v) is 1.67. The zero-order chi connectivity index (χ0) is 12.5. The smallest absolute Gasteiger partial charge is 0.0976 e. The number of aliphatic imine (C=N–C) groups is 1. The lowest BCUT2D eigenvalue weighted by Crippen LogP contribution is -2.26. The van der Waals surface area contributed by atoms with E-state index in [1.807, 2.05) is 37.3 Å². The molecule has 0 unspecified atom stereocenters. The van der Waals surface area contributed by atoms with E-state index in [4.69, 9.17) is 0 Å². The van der Waals surface area contributed by atoms with Crippen molar-refractivity contribution in [1.29, 1.82) is 0 Å². The van der Waals surface area contributed by atoms with Gasteiger partial charge in [0.05, 0.1) is 12.4 Å². The van der Waals surface area contributed by atoms with E-state index in [0.717, 1.165) is 37.7 Å². The van der Waals surface area contributed by atoms with Gasteiger partial charge in [-0.2, -0.15) is 0 Å². The Kier molecular flexibility index (Phi) is 6.33. The highest BCUT2D eigenvalue weighted by atomic mass is 15.1. The molecule has 1 aromatic carbocycles. The van der Waals surface area contributed by atoms with E-state index in [2.05, 4.69) is 29.1 Å². The first-order chi connectivity index (χ1) is 8.26. The van der Waals surface area contributed by atoms with Crippen LogP contribution in [-0.4, -0.2) is 36.9 Å². The summed E-state index contributed by atoms with van der Waals surface area (Å²) >= 11 is 0. The quantitative estimate of drug-likeness (QED) is 0.604. The SMILES string of the molecule is CCN(CC)CC/N=C(\C)Nc1ccccc1. The van der Waals surface area contributed by atoms with Crippen LogP contribution in [0.5, 0.6) is 0 Å². The summed E-state index contributed by atoms with van der Waals surface area (Å²) in [6.07, 6.45) is 0. The predicted octanol–water partition coefficient (Wildman–Crippen LogP) is 2.86. The molecule has 0 spiro atoms. The van der Waals surface area contributed by atoms with Crippen LogP contribution in [0.4, 0.5) is 5.69 Å². The number of benzene rings is 1. The number of nitrogens with one attached hydrogen (secondary N) is 1. The summed E-state index contributed by atoms with van der Waals surface area (Å²) in [5, 5.41) is 3.28. The third kappa shape index (κ3) is 5.50. The molecule has 0 aliphatic carbocycles. The van der Waals surface area contributed by atoms with Crippen molar-refractivity contribution in [1.82, 2.24) is 4.90 Å². The van der Waals surface area contributed by atoms with Crippen LogP contribution in [0.2, 0.25) is 0 Å². The first-order valence-electron chi connectivity index (χ1n) is 6.31. The van der Waals surface area contributed by atoms with Crippen LogP contribution >= 0.6 is 0 Å².